The van der Waals surface area contributed by atoms with Crippen LogP contribution >= 0.6 is 0 Å². The van der Waals surface area contributed by atoms with E-state index < -0.39 is 0 Å². The Morgan fingerprint density at radius 1 is 1.38 bits per heavy atom. The summed E-state index contributed by atoms with van der Waals surface area (Å²) in [5.74, 6) is -0.253. The Labute approximate surface area is 126 Å². The second-order valence-electron chi connectivity index (χ2n) is 4.57. The van der Waals surface area contributed by atoms with Gasteiger partial charge in [0.05, 0.1) is 13.0 Å². The number of hydrogen-bond donors (Lipinski definition) is 1. The molecule has 1 aromatic carbocycles. The summed E-state index contributed by atoms with van der Waals surface area (Å²) in [7, 11) is 1.91. The molecule has 3 nitrogen and oxygen atoms in total. The van der Waals surface area contributed by atoms with Crippen LogP contribution in [0.15, 0.2) is 60.3 Å². The lowest BCUT2D eigenvalue weighted by atomic mass is 10.2. The third-order valence-electron chi connectivity index (χ3n) is 2.83. The van der Waals surface area contributed by atoms with Crippen molar-refractivity contribution in [1.29, 1.82) is 0 Å². The molecule has 0 aliphatic carbocycles. The molecule has 112 valence electrons. The van der Waals surface area contributed by atoms with Crippen molar-refractivity contribution < 1.29 is 4.39 Å². The molecule has 0 spiro atoms. The maximum atomic E-state index is 12.8. The number of aliphatic imine (C=N–C) groups is 1. The highest BCUT2D eigenvalue weighted by atomic mass is 19.1. The third-order valence-corrected chi connectivity index (χ3v) is 2.83. The fourth-order valence-electron chi connectivity index (χ4n) is 1.58. The lowest BCUT2D eigenvalue weighted by molar-refractivity contribution is 0.499. The number of hydrogen-bond acceptors (Lipinski definition) is 2. The van der Waals surface area contributed by atoms with Gasteiger partial charge in [0.1, 0.15) is 5.82 Å². The molecule has 0 atom stereocenters. The Kier molecular flexibility index (Phi) is 6.95. The van der Waals surface area contributed by atoms with Crippen LogP contribution in [0.2, 0.25) is 0 Å². The predicted octanol–water partition coefficient (Wildman–Crippen LogP) is 3.78. The Morgan fingerprint density at radius 2 is 2.05 bits per heavy atom. The summed E-state index contributed by atoms with van der Waals surface area (Å²) in [6.07, 6.45) is 6.22. The normalized spacial score (nSPS) is 11.5. The molecule has 0 fully saturated rings. The first-order valence-corrected chi connectivity index (χ1v) is 6.81. The lowest BCUT2D eigenvalue weighted by Crippen LogP contribution is -2.28. The highest BCUT2D eigenvalue weighted by Crippen LogP contribution is 2.10. The molecule has 21 heavy (non-hydrogen) atoms. The Bertz CT molecular complexity index is 529. The summed E-state index contributed by atoms with van der Waals surface area (Å²) in [6.45, 7) is 10.2. The van der Waals surface area contributed by atoms with Crippen molar-refractivity contribution in [2.75, 3.05) is 13.7 Å². The molecule has 0 aromatic heterocycles. The first-order valence-electron chi connectivity index (χ1n) is 6.81. The first kappa shape index (κ1) is 16.7. The van der Waals surface area contributed by atoms with Crippen molar-refractivity contribution in [3.8, 4) is 0 Å². The van der Waals surface area contributed by atoms with E-state index in [0.29, 0.717) is 6.67 Å². The molecular weight excluding hydrogens is 265 g/mol. The standard InChI is InChI=1S/C17H22FN3/c1-5-7-17(6-2)20-13-21(4)12-19-14(3)15-8-10-16(18)11-9-15/h5,7-11,13,19H,1,3,6,12H2,2,4H3/b17-7+,20-13-. The third kappa shape index (κ3) is 6.08. The van der Waals surface area contributed by atoms with Gasteiger partial charge in [-0.25, -0.2) is 9.38 Å². The van der Waals surface area contributed by atoms with Crippen molar-refractivity contribution in [3.63, 3.8) is 0 Å². The number of allylic oxidation sites excluding steroid dienone is 3. The van der Waals surface area contributed by atoms with Gasteiger partial charge < -0.3 is 10.2 Å². The summed E-state index contributed by atoms with van der Waals surface area (Å²) in [5, 5.41) is 3.17. The topological polar surface area (TPSA) is 27.6 Å². The predicted molar refractivity (Wildman–Crippen MR) is 88.3 cm³/mol. The van der Waals surface area contributed by atoms with Crippen LogP contribution in [-0.2, 0) is 0 Å². The number of rotatable bonds is 8. The summed E-state index contributed by atoms with van der Waals surface area (Å²) in [4.78, 5) is 6.27. The minimum atomic E-state index is -0.253. The van der Waals surface area contributed by atoms with Crippen LogP contribution < -0.4 is 5.32 Å². The van der Waals surface area contributed by atoms with E-state index in [1.807, 2.05) is 24.9 Å². The average Bonchev–Trinajstić information content (AvgIpc) is 2.49. The molecule has 0 unspecified atom stereocenters. The van der Waals surface area contributed by atoms with E-state index in [2.05, 4.69) is 23.5 Å². The molecule has 0 saturated carbocycles. The highest BCUT2D eigenvalue weighted by molar-refractivity contribution is 5.62. The van der Waals surface area contributed by atoms with Gasteiger partial charge in [0, 0.05) is 18.4 Å². The molecule has 1 N–H and O–H groups in total. The zero-order chi connectivity index (χ0) is 15.7. The van der Waals surface area contributed by atoms with E-state index in [0.717, 1.165) is 23.4 Å². The van der Waals surface area contributed by atoms with Gasteiger partial charge in [-0.05, 0) is 30.2 Å². The second kappa shape index (κ2) is 8.74. The van der Waals surface area contributed by atoms with Gasteiger partial charge >= 0.3 is 0 Å². The van der Waals surface area contributed by atoms with Crippen LogP contribution in [0.5, 0.6) is 0 Å². The van der Waals surface area contributed by atoms with Crippen molar-refractivity contribution in [2.45, 2.75) is 13.3 Å². The smallest absolute Gasteiger partial charge is 0.123 e. The Balaban J connectivity index is 2.49. The highest BCUT2D eigenvalue weighted by Gasteiger charge is 1.99. The fourth-order valence-corrected chi connectivity index (χ4v) is 1.58. The molecule has 0 amide bonds. The van der Waals surface area contributed by atoms with Crippen molar-refractivity contribution >= 4 is 12.0 Å². The van der Waals surface area contributed by atoms with Gasteiger partial charge in [0.15, 0.2) is 0 Å². The summed E-state index contributed by atoms with van der Waals surface area (Å²) in [6, 6.07) is 6.23. The van der Waals surface area contributed by atoms with E-state index in [1.165, 1.54) is 12.1 Å². The zero-order valence-corrected chi connectivity index (χ0v) is 12.6. The van der Waals surface area contributed by atoms with Gasteiger partial charge in [-0.3, -0.25) is 0 Å². The van der Waals surface area contributed by atoms with Gasteiger partial charge in [0.25, 0.3) is 0 Å². The fraction of sp³-hybridized carbons (Fsp3) is 0.235. The van der Waals surface area contributed by atoms with Gasteiger partial charge in [0.2, 0.25) is 0 Å². The quantitative estimate of drug-likeness (QED) is 0.341. The van der Waals surface area contributed by atoms with Crippen molar-refractivity contribution in [1.82, 2.24) is 10.2 Å². The maximum Gasteiger partial charge on any atom is 0.123 e. The second-order valence-corrected chi connectivity index (χ2v) is 4.57. The molecule has 0 aliphatic rings. The van der Waals surface area contributed by atoms with Gasteiger partial charge in [-0.1, -0.05) is 38.3 Å². The number of nitrogens with one attached hydrogen (secondary N) is 1. The Morgan fingerprint density at radius 3 is 2.62 bits per heavy atom. The van der Waals surface area contributed by atoms with Crippen LogP contribution in [0.1, 0.15) is 18.9 Å². The summed E-state index contributed by atoms with van der Waals surface area (Å²) >= 11 is 0. The molecule has 4 heteroatoms. The number of nitrogens with zero attached hydrogens (tertiary/aromatic N) is 2. The largest absolute Gasteiger partial charge is 0.368 e. The summed E-state index contributed by atoms with van der Waals surface area (Å²) < 4.78 is 12.8. The minimum absolute atomic E-state index is 0.253. The van der Waals surface area contributed by atoms with Crippen molar-refractivity contribution in [2.24, 2.45) is 4.99 Å². The van der Waals surface area contributed by atoms with Gasteiger partial charge in [-0.2, -0.15) is 0 Å². The van der Waals surface area contributed by atoms with Crippen LogP contribution in [0, 0.1) is 5.82 Å². The first-order chi connectivity index (χ1) is 10.1. The van der Waals surface area contributed by atoms with Gasteiger partial charge in [-0.15, -0.1) is 0 Å². The lowest BCUT2D eigenvalue weighted by Gasteiger charge is -2.17. The van der Waals surface area contributed by atoms with E-state index in [1.54, 1.807) is 24.5 Å². The molecule has 0 aliphatic heterocycles. The average molecular weight is 287 g/mol. The van der Waals surface area contributed by atoms with E-state index >= 15 is 0 Å². The monoisotopic (exact) mass is 287 g/mol. The van der Waals surface area contributed by atoms with E-state index in [9.17, 15) is 4.39 Å². The zero-order valence-electron chi connectivity index (χ0n) is 12.6. The SMILES string of the molecule is C=C/C=C(CC)/N=C\N(C)CNC(=C)c1ccc(F)cc1. The van der Waals surface area contributed by atoms with Crippen LogP contribution in [0.4, 0.5) is 4.39 Å². The van der Waals surface area contributed by atoms with Crippen LogP contribution in [-0.4, -0.2) is 25.0 Å². The summed E-state index contributed by atoms with van der Waals surface area (Å²) in [5.41, 5.74) is 2.57. The number of halogens is 1. The van der Waals surface area contributed by atoms with Crippen LogP contribution in [0.3, 0.4) is 0 Å². The molecule has 0 saturated heterocycles. The molecule has 0 heterocycles. The van der Waals surface area contributed by atoms with Crippen LogP contribution in [0.25, 0.3) is 5.70 Å². The van der Waals surface area contributed by atoms with E-state index in [-0.39, 0.29) is 5.82 Å². The molecular formula is C17H22FN3. The van der Waals surface area contributed by atoms with Crippen molar-refractivity contribution in [3.05, 3.63) is 66.7 Å². The maximum absolute atomic E-state index is 12.8. The number of benzene rings is 1. The van der Waals surface area contributed by atoms with E-state index in [4.69, 9.17) is 0 Å². The molecule has 1 aromatic rings. The molecule has 0 bridgehead atoms. The minimum Gasteiger partial charge on any atom is -0.368 e. The molecule has 1 rings (SSSR count). The Hall–Kier alpha value is -2.36. The molecule has 0 radical (unpaired) electrons.